The van der Waals surface area contributed by atoms with Gasteiger partial charge in [0, 0.05) is 24.7 Å². The van der Waals surface area contributed by atoms with Crippen LogP contribution < -0.4 is 0 Å². The van der Waals surface area contributed by atoms with E-state index in [2.05, 4.69) is 22.6 Å². The quantitative estimate of drug-likeness (QED) is 0.592. The molecule has 0 bridgehead atoms. The van der Waals surface area contributed by atoms with E-state index in [0.717, 1.165) is 3.57 Å². The molecule has 0 saturated carbocycles. The molecule has 2 aromatic carbocycles. The topological polar surface area (TPSA) is 0 Å². The Labute approximate surface area is 117 Å². The van der Waals surface area contributed by atoms with Gasteiger partial charge >= 0.3 is 0 Å². The highest BCUT2D eigenvalue weighted by atomic mass is 127. The van der Waals surface area contributed by atoms with Crippen LogP contribution >= 0.6 is 45.8 Å². The minimum atomic E-state index is -0.287. The Morgan fingerprint density at radius 3 is 2.38 bits per heavy atom. The van der Waals surface area contributed by atoms with Crippen molar-refractivity contribution in [2.75, 3.05) is 0 Å². The molecule has 0 radical (unpaired) electrons. The van der Waals surface area contributed by atoms with Gasteiger partial charge in [0.15, 0.2) is 0 Å². The molecule has 0 saturated heterocycles. The van der Waals surface area contributed by atoms with E-state index in [0.29, 0.717) is 21.2 Å². The summed E-state index contributed by atoms with van der Waals surface area (Å²) in [5.74, 6) is -0.287. The zero-order valence-corrected chi connectivity index (χ0v) is 11.6. The predicted octanol–water partition coefficient (Wildman–Crippen LogP) is 5.40. The molecule has 2 rings (SSSR count). The molecule has 0 spiro atoms. The molecule has 0 heterocycles. The molecule has 2 aromatic rings. The van der Waals surface area contributed by atoms with Crippen LogP contribution in [0.2, 0.25) is 10.0 Å². The summed E-state index contributed by atoms with van der Waals surface area (Å²) in [4.78, 5) is 0. The summed E-state index contributed by atoms with van der Waals surface area (Å²) in [7, 11) is 0. The highest BCUT2D eigenvalue weighted by molar-refractivity contribution is 14.1. The number of halogens is 4. The van der Waals surface area contributed by atoms with Gasteiger partial charge in [-0.15, -0.1) is 0 Å². The first-order chi connectivity index (χ1) is 7.58. The second-order valence-electron chi connectivity index (χ2n) is 3.25. The van der Waals surface area contributed by atoms with Crippen molar-refractivity contribution in [2.24, 2.45) is 0 Å². The fourth-order valence-electron chi connectivity index (χ4n) is 1.41. The first kappa shape index (κ1) is 12.1. The van der Waals surface area contributed by atoms with Crippen LogP contribution in [-0.4, -0.2) is 0 Å². The molecule has 0 fully saturated rings. The molecule has 0 atom stereocenters. The molecule has 0 unspecified atom stereocenters. The van der Waals surface area contributed by atoms with Gasteiger partial charge in [-0.1, -0.05) is 29.3 Å². The van der Waals surface area contributed by atoms with Crippen molar-refractivity contribution in [2.45, 2.75) is 0 Å². The van der Waals surface area contributed by atoms with E-state index >= 15 is 0 Å². The Bertz CT molecular complexity index is 541. The normalized spacial score (nSPS) is 10.5. The summed E-state index contributed by atoms with van der Waals surface area (Å²) in [5.41, 5.74) is 1.15. The van der Waals surface area contributed by atoms with Crippen molar-refractivity contribution < 1.29 is 4.39 Å². The maximum Gasteiger partial charge on any atom is 0.131 e. The molecule has 0 aromatic heterocycles. The third-order valence-electron chi connectivity index (χ3n) is 2.15. The van der Waals surface area contributed by atoms with Crippen molar-refractivity contribution in [3.05, 3.63) is 55.8 Å². The Morgan fingerprint density at radius 1 is 0.938 bits per heavy atom. The van der Waals surface area contributed by atoms with Gasteiger partial charge in [0.05, 0.1) is 0 Å². The maximum absolute atomic E-state index is 13.6. The Kier molecular flexibility index (Phi) is 3.72. The van der Waals surface area contributed by atoms with Crippen molar-refractivity contribution in [1.29, 1.82) is 0 Å². The molecule has 4 heteroatoms. The van der Waals surface area contributed by atoms with Crippen LogP contribution in [0.15, 0.2) is 36.4 Å². The maximum atomic E-state index is 13.6. The third kappa shape index (κ3) is 2.50. The van der Waals surface area contributed by atoms with Crippen LogP contribution in [0.25, 0.3) is 11.1 Å². The van der Waals surface area contributed by atoms with Crippen LogP contribution in [0.3, 0.4) is 0 Å². The third-order valence-corrected chi connectivity index (χ3v) is 3.37. The Balaban J connectivity index is 2.62. The van der Waals surface area contributed by atoms with Crippen molar-refractivity contribution in [1.82, 2.24) is 0 Å². The summed E-state index contributed by atoms with van der Waals surface area (Å²) >= 11 is 14.0. The lowest BCUT2D eigenvalue weighted by molar-refractivity contribution is 0.631. The summed E-state index contributed by atoms with van der Waals surface area (Å²) in [5, 5.41) is 0.994. The monoisotopic (exact) mass is 366 g/mol. The van der Waals surface area contributed by atoms with Gasteiger partial charge in [0.1, 0.15) is 5.82 Å². The molecule has 0 nitrogen and oxygen atoms in total. The minimum Gasteiger partial charge on any atom is -0.206 e. The average molecular weight is 367 g/mol. The zero-order chi connectivity index (χ0) is 11.7. The average Bonchev–Trinajstić information content (AvgIpc) is 2.22. The van der Waals surface area contributed by atoms with Gasteiger partial charge in [-0.05, 0) is 52.9 Å². The summed E-state index contributed by atoms with van der Waals surface area (Å²) in [6.45, 7) is 0. The molecule has 82 valence electrons. The van der Waals surface area contributed by atoms with Gasteiger partial charge < -0.3 is 0 Å². The van der Waals surface area contributed by atoms with Gasteiger partial charge in [0.2, 0.25) is 0 Å². The smallest absolute Gasteiger partial charge is 0.131 e. The number of hydrogen-bond donors (Lipinski definition) is 0. The first-order valence-electron chi connectivity index (χ1n) is 4.48. The molecular weight excluding hydrogens is 361 g/mol. The molecule has 0 aliphatic rings. The molecule has 16 heavy (non-hydrogen) atoms. The van der Waals surface area contributed by atoms with E-state index in [1.165, 1.54) is 6.07 Å². The van der Waals surface area contributed by atoms with Crippen LogP contribution in [0.5, 0.6) is 0 Å². The van der Waals surface area contributed by atoms with Gasteiger partial charge in [-0.25, -0.2) is 4.39 Å². The van der Waals surface area contributed by atoms with E-state index in [9.17, 15) is 4.39 Å². The number of hydrogen-bond acceptors (Lipinski definition) is 0. The second kappa shape index (κ2) is 4.90. The minimum absolute atomic E-state index is 0.287. The molecule has 0 amide bonds. The fourth-order valence-corrected chi connectivity index (χ4v) is 2.41. The first-order valence-corrected chi connectivity index (χ1v) is 6.32. The van der Waals surface area contributed by atoms with Gasteiger partial charge in [0.25, 0.3) is 0 Å². The van der Waals surface area contributed by atoms with E-state index in [1.54, 1.807) is 30.3 Å². The van der Waals surface area contributed by atoms with E-state index < -0.39 is 0 Å². The van der Waals surface area contributed by atoms with Gasteiger partial charge in [-0.3, -0.25) is 0 Å². The summed E-state index contributed by atoms with van der Waals surface area (Å²) in [6.07, 6.45) is 0. The van der Waals surface area contributed by atoms with E-state index in [1.807, 2.05) is 0 Å². The highest BCUT2D eigenvalue weighted by Crippen LogP contribution is 2.32. The van der Waals surface area contributed by atoms with Crippen molar-refractivity contribution in [3.8, 4) is 11.1 Å². The molecule has 0 N–H and O–H groups in total. The molecular formula is C12H6Cl2FI. The Morgan fingerprint density at radius 2 is 1.69 bits per heavy atom. The number of benzene rings is 2. The van der Waals surface area contributed by atoms with E-state index in [4.69, 9.17) is 23.2 Å². The lowest BCUT2D eigenvalue weighted by Gasteiger charge is -2.06. The standard InChI is InChI=1S/C12H6Cl2FI/c13-7-1-3-9(11(14)5-7)10-6-8(16)2-4-12(10)15/h1-6H. The van der Waals surface area contributed by atoms with Crippen molar-refractivity contribution >= 4 is 45.8 Å². The zero-order valence-electron chi connectivity index (χ0n) is 7.98. The summed E-state index contributed by atoms with van der Waals surface area (Å²) in [6, 6.07) is 9.93. The molecule has 0 aliphatic heterocycles. The predicted molar refractivity (Wildman–Crippen MR) is 74.6 cm³/mol. The van der Waals surface area contributed by atoms with Crippen LogP contribution in [0.4, 0.5) is 4.39 Å². The number of rotatable bonds is 1. The van der Waals surface area contributed by atoms with Crippen LogP contribution in [-0.2, 0) is 0 Å². The fraction of sp³-hybridized carbons (Fsp3) is 0. The van der Waals surface area contributed by atoms with E-state index in [-0.39, 0.29) is 5.82 Å². The largest absolute Gasteiger partial charge is 0.206 e. The second-order valence-corrected chi connectivity index (χ2v) is 5.34. The highest BCUT2D eigenvalue weighted by Gasteiger charge is 2.09. The van der Waals surface area contributed by atoms with Gasteiger partial charge in [-0.2, -0.15) is 0 Å². The van der Waals surface area contributed by atoms with Crippen LogP contribution in [0.1, 0.15) is 0 Å². The lowest BCUT2D eigenvalue weighted by atomic mass is 10.1. The summed E-state index contributed by atoms with van der Waals surface area (Å²) < 4.78 is 14.6. The SMILES string of the molecule is Fc1ccc(I)cc1-c1ccc(Cl)cc1Cl. The van der Waals surface area contributed by atoms with Crippen LogP contribution in [0, 0.1) is 9.39 Å². The molecule has 0 aliphatic carbocycles. The Hall–Kier alpha value is -0.320. The van der Waals surface area contributed by atoms with Crippen molar-refractivity contribution in [3.63, 3.8) is 0 Å². The lowest BCUT2D eigenvalue weighted by Crippen LogP contribution is -1.86.